The first kappa shape index (κ1) is 27.3. The van der Waals surface area contributed by atoms with Crippen molar-refractivity contribution in [3.63, 3.8) is 0 Å². The van der Waals surface area contributed by atoms with E-state index in [0.29, 0.717) is 0 Å². The summed E-state index contributed by atoms with van der Waals surface area (Å²) in [7, 11) is 0. The zero-order valence-corrected chi connectivity index (χ0v) is 18.6. The maximum Gasteiger partial charge on any atom is 0.187 e. The highest BCUT2D eigenvalue weighted by molar-refractivity contribution is 5.15. The summed E-state index contributed by atoms with van der Waals surface area (Å²) in [6, 6.07) is 9.17. The largest absolute Gasteiger partial charge is 0.394 e. The van der Waals surface area contributed by atoms with Crippen molar-refractivity contribution in [3.05, 3.63) is 35.9 Å². The normalized spacial score (nSPS) is 40.6. The molecule has 1 aromatic carbocycles. The van der Waals surface area contributed by atoms with Crippen molar-refractivity contribution >= 4 is 0 Å². The van der Waals surface area contributed by atoms with Crippen LogP contribution in [0.2, 0.25) is 0 Å². The molecule has 12 atom stereocenters. The molecule has 8 N–H and O–H groups in total. The van der Waals surface area contributed by atoms with Gasteiger partial charge in [-0.05, 0) is 12.5 Å². The van der Waals surface area contributed by atoms with Crippen LogP contribution >= 0.6 is 0 Å². The zero-order valence-electron chi connectivity index (χ0n) is 18.6. The van der Waals surface area contributed by atoms with E-state index >= 15 is 0 Å². The van der Waals surface area contributed by atoms with Crippen LogP contribution in [0, 0.1) is 0 Å². The fourth-order valence-corrected chi connectivity index (χ4v) is 3.91. The minimum Gasteiger partial charge on any atom is -0.394 e. The average molecular weight is 491 g/mol. The van der Waals surface area contributed by atoms with Gasteiger partial charge in [-0.25, -0.2) is 0 Å². The van der Waals surface area contributed by atoms with Crippen molar-refractivity contribution in [2.45, 2.75) is 87.0 Å². The lowest BCUT2D eigenvalue weighted by atomic mass is 9.98. The van der Waals surface area contributed by atoms with Crippen molar-refractivity contribution < 1.29 is 59.8 Å². The van der Waals surface area contributed by atoms with Crippen molar-refractivity contribution in [1.82, 2.24) is 0 Å². The molecule has 34 heavy (non-hydrogen) atoms. The monoisotopic (exact) mass is 490 g/mol. The number of benzene rings is 1. The van der Waals surface area contributed by atoms with Crippen LogP contribution in [0.3, 0.4) is 0 Å². The van der Waals surface area contributed by atoms with Crippen LogP contribution < -0.4 is 0 Å². The molecule has 0 radical (unpaired) electrons. The number of rotatable bonds is 9. The minimum atomic E-state index is -1.67. The van der Waals surface area contributed by atoms with Gasteiger partial charge in [0.15, 0.2) is 12.6 Å². The zero-order chi connectivity index (χ0) is 25.0. The average Bonchev–Trinajstić information content (AvgIpc) is 2.83. The Bertz CT molecular complexity index is 734. The summed E-state index contributed by atoms with van der Waals surface area (Å²) in [5.74, 6) is 0. The summed E-state index contributed by atoms with van der Waals surface area (Å²) < 4.78 is 22.0. The van der Waals surface area contributed by atoms with Gasteiger partial charge < -0.3 is 59.8 Å². The molecule has 3 rings (SSSR count). The molecule has 2 heterocycles. The van der Waals surface area contributed by atoms with E-state index in [0.717, 1.165) is 5.56 Å². The van der Waals surface area contributed by atoms with Crippen LogP contribution in [0.25, 0.3) is 0 Å². The SMILES string of the molecule is C[C@H](O)[C@H](Cc1ccccc1)O[C@@H]1O[C@H](CO[C@@H]2O[C@H](CO)[C@@H](O)[C@H](O)[C@H]2O)[C@@H](O)[C@H](O)[C@H]1O. The number of aliphatic hydroxyl groups is 8. The van der Waals surface area contributed by atoms with Crippen LogP contribution in [0.1, 0.15) is 12.5 Å². The highest BCUT2D eigenvalue weighted by Crippen LogP contribution is 2.27. The van der Waals surface area contributed by atoms with Crippen LogP contribution in [0.4, 0.5) is 0 Å². The van der Waals surface area contributed by atoms with E-state index < -0.39 is 86.8 Å². The molecule has 2 saturated heterocycles. The third-order valence-corrected chi connectivity index (χ3v) is 6.07. The molecule has 12 nitrogen and oxygen atoms in total. The molecule has 2 aliphatic rings. The van der Waals surface area contributed by atoms with E-state index in [-0.39, 0.29) is 6.42 Å². The fraction of sp³-hybridized carbons (Fsp3) is 0.727. The van der Waals surface area contributed by atoms with Gasteiger partial charge in [-0.1, -0.05) is 30.3 Å². The van der Waals surface area contributed by atoms with Gasteiger partial charge in [0.25, 0.3) is 0 Å². The van der Waals surface area contributed by atoms with E-state index in [1.54, 1.807) is 0 Å². The van der Waals surface area contributed by atoms with Crippen LogP contribution in [-0.4, -0.2) is 128 Å². The van der Waals surface area contributed by atoms with Crippen molar-refractivity contribution in [3.8, 4) is 0 Å². The van der Waals surface area contributed by atoms with Gasteiger partial charge in [0.2, 0.25) is 0 Å². The second kappa shape index (κ2) is 12.1. The number of hydrogen-bond donors (Lipinski definition) is 8. The Hall–Kier alpha value is -1.26. The summed E-state index contributed by atoms with van der Waals surface area (Å²) in [5.41, 5.74) is 0.863. The molecule has 0 unspecified atom stereocenters. The highest BCUT2D eigenvalue weighted by Gasteiger charge is 2.48. The highest BCUT2D eigenvalue weighted by atomic mass is 16.7. The summed E-state index contributed by atoms with van der Waals surface area (Å²) >= 11 is 0. The van der Waals surface area contributed by atoms with E-state index in [9.17, 15) is 40.9 Å². The van der Waals surface area contributed by atoms with Gasteiger partial charge in [0.1, 0.15) is 48.8 Å². The molecule has 0 amide bonds. The predicted molar refractivity (Wildman–Crippen MR) is 113 cm³/mol. The molecule has 1 aromatic rings. The van der Waals surface area contributed by atoms with Gasteiger partial charge in [0.05, 0.1) is 25.4 Å². The lowest BCUT2D eigenvalue weighted by Crippen LogP contribution is -2.62. The first-order valence-electron chi connectivity index (χ1n) is 11.1. The van der Waals surface area contributed by atoms with Gasteiger partial charge in [-0.3, -0.25) is 0 Å². The second-order valence-electron chi connectivity index (χ2n) is 8.65. The van der Waals surface area contributed by atoms with Gasteiger partial charge in [-0.15, -0.1) is 0 Å². The second-order valence-corrected chi connectivity index (χ2v) is 8.65. The third kappa shape index (κ3) is 6.29. The summed E-state index contributed by atoms with van der Waals surface area (Å²) in [6.45, 7) is 0.398. The molecule has 194 valence electrons. The molecule has 0 bridgehead atoms. The summed E-state index contributed by atoms with van der Waals surface area (Å²) in [4.78, 5) is 0. The molecule has 12 heteroatoms. The number of hydrogen-bond acceptors (Lipinski definition) is 12. The standard InChI is InChI=1S/C22H34O12/c1-10(24)12(7-11-5-3-2-4-6-11)32-22-20(30)18(28)16(26)14(34-22)9-31-21-19(29)17(27)15(25)13(8-23)33-21/h2-6,10,12-30H,7-9H2,1H3/t10-,12-,13+,14+,15+,16+,17-,18-,19+,20+,21+,22+/m0/s1. The molecular weight excluding hydrogens is 456 g/mol. The molecule has 2 fully saturated rings. The smallest absolute Gasteiger partial charge is 0.187 e. The Morgan fingerprint density at radius 2 is 1.35 bits per heavy atom. The Balaban J connectivity index is 1.64. The van der Waals surface area contributed by atoms with Crippen LogP contribution in [0.5, 0.6) is 0 Å². The van der Waals surface area contributed by atoms with Gasteiger partial charge >= 0.3 is 0 Å². The molecule has 0 saturated carbocycles. The maximum atomic E-state index is 10.4. The Labute approximate surface area is 196 Å². The fourth-order valence-electron chi connectivity index (χ4n) is 3.91. The topological polar surface area (TPSA) is 199 Å². The van der Waals surface area contributed by atoms with Gasteiger partial charge in [-0.2, -0.15) is 0 Å². The van der Waals surface area contributed by atoms with Crippen LogP contribution in [0.15, 0.2) is 30.3 Å². The van der Waals surface area contributed by atoms with Gasteiger partial charge in [0, 0.05) is 6.42 Å². The molecular formula is C22H34O12. The van der Waals surface area contributed by atoms with E-state index in [2.05, 4.69) is 0 Å². The molecule has 0 aliphatic carbocycles. The lowest BCUT2D eigenvalue weighted by Gasteiger charge is -2.43. The lowest BCUT2D eigenvalue weighted by molar-refractivity contribution is -0.338. The molecule has 2 aliphatic heterocycles. The Morgan fingerprint density at radius 3 is 1.94 bits per heavy atom. The predicted octanol–water partition coefficient (Wildman–Crippen LogP) is -3.38. The first-order valence-corrected chi connectivity index (χ1v) is 11.1. The van der Waals surface area contributed by atoms with Crippen LogP contribution in [-0.2, 0) is 25.4 Å². The summed E-state index contributed by atoms with van der Waals surface area (Å²) in [6.07, 6.45) is -16.6. The van der Waals surface area contributed by atoms with Crippen molar-refractivity contribution in [2.75, 3.05) is 13.2 Å². The van der Waals surface area contributed by atoms with E-state index in [1.807, 2.05) is 30.3 Å². The molecule has 0 aromatic heterocycles. The van der Waals surface area contributed by atoms with E-state index in [1.165, 1.54) is 6.92 Å². The third-order valence-electron chi connectivity index (χ3n) is 6.07. The molecule has 0 spiro atoms. The Kier molecular flexibility index (Phi) is 9.74. The van der Waals surface area contributed by atoms with E-state index in [4.69, 9.17) is 18.9 Å². The minimum absolute atomic E-state index is 0.287. The number of ether oxygens (including phenoxy) is 4. The Morgan fingerprint density at radius 1 is 0.794 bits per heavy atom. The summed E-state index contributed by atoms with van der Waals surface area (Å²) in [5, 5.41) is 80.3. The van der Waals surface area contributed by atoms with Crippen molar-refractivity contribution in [1.29, 1.82) is 0 Å². The maximum absolute atomic E-state index is 10.4. The number of aliphatic hydroxyl groups excluding tert-OH is 8. The quantitative estimate of drug-likeness (QED) is 0.171. The first-order chi connectivity index (χ1) is 16.1. The van der Waals surface area contributed by atoms with Crippen molar-refractivity contribution in [2.24, 2.45) is 0 Å².